The van der Waals surface area contributed by atoms with Gasteiger partial charge in [-0.25, -0.2) is 0 Å². The van der Waals surface area contributed by atoms with E-state index >= 15 is 28.8 Å². The Kier molecular flexibility index (Phi) is 18.2. The first-order valence-electron chi connectivity index (χ1n) is 36.9. The minimum absolute atomic E-state index is 0.0499. The fourth-order valence-electron chi connectivity index (χ4n) is 14.5. The Labute approximate surface area is 648 Å². The van der Waals surface area contributed by atoms with E-state index in [0.717, 1.165) is 9.80 Å². The van der Waals surface area contributed by atoms with Gasteiger partial charge in [0.05, 0.1) is 48.7 Å². The Bertz CT molecular complexity index is 5400. The van der Waals surface area contributed by atoms with Gasteiger partial charge in [0.15, 0.2) is 0 Å². The van der Waals surface area contributed by atoms with E-state index in [-0.39, 0.29) is 187 Å². The molecule has 6 aliphatic rings. The minimum atomic E-state index is -1.61. The number of hydrogen-bond acceptors (Lipinski definition) is 22. The Hall–Kier alpha value is -13.9. The molecule has 6 atom stereocenters. The average molecular weight is 1530 g/mol. The van der Waals surface area contributed by atoms with Crippen LogP contribution in [0.25, 0.3) is 43.1 Å². The lowest BCUT2D eigenvalue weighted by Crippen LogP contribution is -2.53. The zero-order valence-electron chi connectivity index (χ0n) is 60.4. The first-order chi connectivity index (χ1) is 55.7. The molecular weight excluding hydrogens is 1460 g/mol. The molecule has 13 aromatic rings. The van der Waals surface area contributed by atoms with Crippen LogP contribution >= 0.6 is 0 Å². The van der Waals surface area contributed by atoms with Gasteiger partial charge < -0.3 is 77.7 Å². The van der Waals surface area contributed by atoms with Crippen LogP contribution in [0.15, 0.2) is 219 Å². The summed E-state index contributed by atoms with van der Waals surface area (Å²) in [5.41, 5.74) is 1.04. The lowest BCUT2D eigenvalue weighted by atomic mass is 9.80. The van der Waals surface area contributed by atoms with Crippen LogP contribution in [-0.4, -0.2) is 155 Å². The predicted octanol–water partition coefficient (Wildman–Crippen LogP) is 13.9. The van der Waals surface area contributed by atoms with Crippen LogP contribution in [0.3, 0.4) is 0 Å². The number of benzene rings is 11. The van der Waals surface area contributed by atoms with Crippen molar-refractivity contribution in [1.29, 1.82) is 0 Å². The van der Waals surface area contributed by atoms with Crippen LogP contribution in [0, 0.1) is 0 Å². The number of ether oxygens (including phenoxy) is 12. The molecule has 11 aromatic carbocycles. The second kappa shape index (κ2) is 29.4. The van der Waals surface area contributed by atoms with Crippen LogP contribution in [-0.2, 0) is 41.4 Å². The van der Waals surface area contributed by atoms with Gasteiger partial charge in [-0.05, 0) is 132 Å². The molecule has 8 heterocycles. The molecular formula is C88H66N6O20. The third-order valence-electron chi connectivity index (χ3n) is 20.3. The van der Waals surface area contributed by atoms with E-state index in [9.17, 15) is 10.2 Å². The van der Waals surface area contributed by atoms with Gasteiger partial charge in [0.1, 0.15) is 143 Å². The van der Waals surface area contributed by atoms with Gasteiger partial charge in [0.2, 0.25) is 11.8 Å². The van der Waals surface area contributed by atoms with Gasteiger partial charge in [-0.15, -0.1) is 0 Å². The van der Waals surface area contributed by atoms with Crippen molar-refractivity contribution in [2.45, 2.75) is 49.3 Å². The number of carbonyl (C=O) groups excluding carboxylic acids is 6. The molecule has 114 heavy (non-hydrogen) atoms. The standard InChI is InChI=1S/C88H66N6O20/c95-51-17-13-47(14-18-51)29-69(83(97)91-49-21-25-89-26-22-49)93-85(99)65-35-71(111-57-9-1-5-53(31-57)103-39-61-43-107-61)77-78-72(112-58-10-2-6-54(32-58)104-40-62-44-108-62)36-67-76-68(88(102)94(87(67)101)70(30-48-15-19-52(96)20-16-48)84(98)92-50-23-27-90-28-24-50)38-74(114-60-12-4-8-56(34-60)106-42-64-46-110-64)80(82(76)78)79-73(37-66(86(93)100)75(65)81(77)79)113-59-11-3-7-55(33-59)105-41-63-45-109-63/h1-28,31-38,61-64,69-70,95-96H,29-30,39-46H2,(H,89,91,97)(H,90,92,98). The number of aromatic nitrogens is 2. The van der Waals surface area contributed by atoms with Crippen molar-refractivity contribution in [2.24, 2.45) is 0 Å². The zero-order chi connectivity index (χ0) is 77.2. The molecule has 6 amide bonds. The quantitative estimate of drug-likeness (QED) is 0.0141. The number of phenols is 2. The molecule has 0 radical (unpaired) electrons. The van der Waals surface area contributed by atoms with Gasteiger partial charge in [-0.3, -0.25) is 48.5 Å². The molecule has 26 nitrogen and oxygen atoms in total. The number of nitrogens with one attached hydrogen (secondary N) is 2. The first kappa shape index (κ1) is 70.5. The maximum atomic E-state index is 16.7. The molecule has 4 N–H and O–H groups in total. The second-order valence-electron chi connectivity index (χ2n) is 28.2. The van der Waals surface area contributed by atoms with Gasteiger partial charge in [0.25, 0.3) is 23.6 Å². The molecule has 2 aromatic heterocycles. The Morgan fingerprint density at radius 2 is 0.623 bits per heavy atom. The topological polar surface area (TPSA) is 323 Å². The Morgan fingerprint density at radius 1 is 0.360 bits per heavy atom. The summed E-state index contributed by atoms with van der Waals surface area (Å²) < 4.78 is 76.6. The fraction of sp³-hybridized carbons (Fsp3) is 0.182. The maximum absolute atomic E-state index is 16.7. The maximum Gasteiger partial charge on any atom is 0.262 e. The molecule has 26 heteroatoms. The summed E-state index contributed by atoms with van der Waals surface area (Å²) in [5.74, 6) is -3.37. The van der Waals surface area contributed by atoms with Crippen molar-refractivity contribution in [2.75, 3.05) is 63.5 Å². The molecule has 4 fully saturated rings. The number of fused-ring (bicyclic) bond motifs is 2. The summed E-state index contributed by atoms with van der Waals surface area (Å²) >= 11 is 0. The highest BCUT2D eigenvalue weighted by atomic mass is 16.6. The number of aromatic hydroxyl groups is 2. The summed E-state index contributed by atoms with van der Waals surface area (Å²) in [4.78, 5) is 108. The minimum Gasteiger partial charge on any atom is -0.508 e. The number of pyridine rings is 2. The number of nitrogens with zero attached hydrogens (tertiary/aromatic N) is 4. The molecule has 19 rings (SSSR count). The largest absolute Gasteiger partial charge is 0.508 e. The lowest BCUT2D eigenvalue weighted by Gasteiger charge is -2.36. The monoisotopic (exact) mass is 1530 g/mol. The van der Waals surface area contributed by atoms with E-state index < -0.39 is 47.5 Å². The number of hydrogen-bond donors (Lipinski definition) is 4. The van der Waals surface area contributed by atoms with Crippen LogP contribution < -0.4 is 48.5 Å². The number of epoxide rings is 4. The third kappa shape index (κ3) is 14.3. The Balaban J connectivity index is 0.923. The van der Waals surface area contributed by atoms with Crippen molar-refractivity contribution >= 4 is 89.9 Å². The number of anilines is 2. The SMILES string of the molecule is O=C(Nc1ccncc1)C(Cc1ccc(O)cc1)N1C(=O)c2cc(Oc3cccc(OCC4CO4)c3)c3c4c(Oc5cccc(OCC6CO6)c5)cc5c6c(cc(Oc7cccc(OCC8CO8)c7)c(c7c(Oc8cccc(OCC9CO9)c8)cc(c2c37)C1=O)c64)C(=O)N(C(Cc1ccc(O)cc1)C(=O)Nc1ccncc1)C5=O. The first-order valence-corrected chi connectivity index (χ1v) is 36.9. The second-order valence-corrected chi connectivity index (χ2v) is 28.2. The number of phenolic OH excluding ortho intramolecular Hbond substituents is 2. The zero-order valence-corrected chi connectivity index (χ0v) is 60.4. The van der Waals surface area contributed by atoms with E-state index in [1.165, 1.54) is 73.3 Å². The highest BCUT2D eigenvalue weighted by Crippen LogP contribution is 2.59. The summed E-state index contributed by atoms with van der Waals surface area (Å²) in [6.07, 6.45) is 4.86. The highest BCUT2D eigenvalue weighted by molar-refractivity contribution is 6.45. The lowest BCUT2D eigenvalue weighted by molar-refractivity contribution is -0.120. The van der Waals surface area contributed by atoms with Crippen LogP contribution in [0.5, 0.6) is 80.5 Å². The average Bonchev–Trinajstić information content (AvgIpc) is 0.814. The van der Waals surface area contributed by atoms with Gasteiger partial charge in [0, 0.05) is 116 Å². The van der Waals surface area contributed by atoms with Crippen molar-refractivity contribution in [1.82, 2.24) is 19.8 Å². The fourth-order valence-corrected chi connectivity index (χ4v) is 14.5. The van der Waals surface area contributed by atoms with Crippen molar-refractivity contribution in [3.05, 3.63) is 252 Å². The summed E-state index contributed by atoms with van der Waals surface area (Å²) in [7, 11) is 0. The molecule has 0 aliphatic carbocycles. The smallest absolute Gasteiger partial charge is 0.262 e. The predicted molar refractivity (Wildman–Crippen MR) is 413 cm³/mol. The summed E-state index contributed by atoms with van der Waals surface area (Å²) in [6.45, 7) is 2.90. The molecule has 6 aliphatic heterocycles. The van der Waals surface area contributed by atoms with E-state index in [1.54, 1.807) is 146 Å². The van der Waals surface area contributed by atoms with Crippen molar-refractivity contribution in [3.63, 3.8) is 0 Å². The number of carbonyl (C=O) groups is 6. The van der Waals surface area contributed by atoms with Crippen LogP contribution in [0.1, 0.15) is 52.6 Å². The molecule has 0 bridgehead atoms. The molecule has 6 unspecified atom stereocenters. The summed E-state index contributed by atoms with van der Waals surface area (Å²) in [6, 6.07) is 48.3. The van der Waals surface area contributed by atoms with Crippen molar-refractivity contribution in [3.8, 4) is 80.5 Å². The van der Waals surface area contributed by atoms with Gasteiger partial charge in [-0.1, -0.05) is 48.5 Å². The molecule has 0 spiro atoms. The van der Waals surface area contributed by atoms with E-state index in [0.29, 0.717) is 71.9 Å². The Morgan fingerprint density at radius 3 is 0.886 bits per heavy atom. The van der Waals surface area contributed by atoms with Crippen LogP contribution in [0.2, 0.25) is 0 Å². The summed E-state index contributed by atoms with van der Waals surface area (Å²) in [5, 5.41) is 27.8. The number of rotatable bonds is 30. The number of imide groups is 2. The molecule has 0 saturated carbocycles. The van der Waals surface area contributed by atoms with E-state index in [4.69, 9.17) is 56.8 Å². The van der Waals surface area contributed by atoms with Gasteiger partial charge in [-0.2, -0.15) is 0 Å². The molecule has 568 valence electrons. The molecule has 4 saturated heterocycles. The van der Waals surface area contributed by atoms with E-state index in [2.05, 4.69) is 20.6 Å². The number of amides is 6. The normalized spacial score (nSPS) is 17.5. The third-order valence-corrected chi connectivity index (χ3v) is 20.3. The van der Waals surface area contributed by atoms with E-state index in [1.807, 2.05) is 0 Å². The van der Waals surface area contributed by atoms with Crippen molar-refractivity contribution < 1.29 is 95.8 Å². The van der Waals surface area contributed by atoms with Gasteiger partial charge >= 0.3 is 0 Å². The van der Waals surface area contributed by atoms with Crippen LogP contribution in [0.4, 0.5) is 11.4 Å². The highest BCUT2D eigenvalue weighted by Gasteiger charge is 2.47.